The summed E-state index contributed by atoms with van der Waals surface area (Å²) in [6, 6.07) is 16.1. The van der Waals surface area contributed by atoms with Crippen LogP contribution in [0.15, 0.2) is 65.3 Å². The summed E-state index contributed by atoms with van der Waals surface area (Å²) in [5, 5.41) is 16.3. The molecule has 1 heterocycles. The predicted molar refractivity (Wildman–Crippen MR) is 101 cm³/mol. The van der Waals surface area contributed by atoms with Crippen molar-refractivity contribution in [2.75, 3.05) is 6.54 Å². The first kappa shape index (κ1) is 18.0. The summed E-state index contributed by atoms with van der Waals surface area (Å²) in [5.41, 5.74) is 1.38. The Balaban J connectivity index is 1.46. The molecule has 0 saturated heterocycles. The molecule has 2 aromatic carbocycles. The van der Waals surface area contributed by atoms with E-state index in [0.29, 0.717) is 18.7 Å². The molecule has 0 aliphatic heterocycles. The summed E-state index contributed by atoms with van der Waals surface area (Å²) in [4.78, 5) is 12.1. The van der Waals surface area contributed by atoms with Crippen LogP contribution in [0.4, 0.5) is 0 Å². The molecular weight excluding hydrogens is 398 g/mol. The van der Waals surface area contributed by atoms with Crippen molar-refractivity contribution < 1.29 is 14.6 Å². The van der Waals surface area contributed by atoms with Crippen LogP contribution >= 0.6 is 15.9 Å². The minimum Gasteiger partial charge on any atom is -0.508 e. The second-order valence-corrected chi connectivity index (χ2v) is 6.56. The van der Waals surface area contributed by atoms with Crippen LogP contribution in [0.2, 0.25) is 0 Å². The summed E-state index contributed by atoms with van der Waals surface area (Å²) in [6.45, 7) is 0.717. The maximum Gasteiger partial charge on any atom is 0.271 e. The summed E-state index contributed by atoms with van der Waals surface area (Å²) >= 11 is 3.37. The van der Waals surface area contributed by atoms with Crippen LogP contribution in [-0.4, -0.2) is 27.3 Å². The number of amides is 1. The van der Waals surface area contributed by atoms with Gasteiger partial charge in [-0.2, -0.15) is 5.10 Å². The van der Waals surface area contributed by atoms with Crippen LogP contribution in [0.3, 0.4) is 0 Å². The average Bonchev–Trinajstić information content (AvgIpc) is 3.12. The number of hydrogen-bond acceptors (Lipinski definition) is 4. The molecule has 6 nitrogen and oxygen atoms in total. The molecule has 2 N–H and O–H groups in total. The number of rotatable bonds is 7. The highest BCUT2D eigenvalue weighted by Gasteiger charge is 2.09. The molecule has 0 radical (unpaired) electrons. The van der Waals surface area contributed by atoms with E-state index in [1.807, 2.05) is 36.4 Å². The zero-order valence-corrected chi connectivity index (χ0v) is 15.5. The Morgan fingerprint density at radius 3 is 2.58 bits per heavy atom. The van der Waals surface area contributed by atoms with Crippen molar-refractivity contribution in [3.63, 3.8) is 0 Å². The Morgan fingerprint density at radius 1 is 1.12 bits per heavy atom. The van der Waals surface area contributed by atoms with Crippen molar-refractivity contribution in [1.82, 2.24) is 15.1 Å². The fourth-order valence-corrected chi connectivity index (χ4v) is 2.56. The lowest BCUT2D eigenvalue weighted by molar-refractivity contribution is 0.0947. The van der Waals surface area contributed by atoms with Gasteiger partial charge in [-0.05, 0) is 54.4 Å². The maximum absolute atomic E-state index is 12.1. The molecule has 1 amide bonds. The second kappa shape index (κ2) is 8.53. The fourth-order valence-electron chi connectivity index (χ4n) is 2.30. The van der Waals surface area contributed by atoms with E-state index in [9.17, 15) is 9.90 Å². The van der Waals surface area contributed by atoms with Crippen molar-refractivity contribution in [3.05, 3.63) is 76.5 Å². The molecule has 26 heavy (non-hydrogen) atoms. The number of hydrogen-bond donors (Lipinski definition) is 2. The number of aromatic hydroxyl groups is 1. The van der Waals surface area contributed by atoms with Crippen molar-refractivity contribution in [1.29, 1.82) is 0 Å². The van der Waals surface area contributed by atoms with Crippen LogP contribution < -0.4 is 10.1 Å². The summed E-state index contributed by atoms with van der Waals surface area (Å²) in [5.74, 6) is 0.725. The Labute approximate surface area is 159 Å². The average molecular weight is 416 g/mol. The molecule has 7 heteroatoms. The normalized spacial score (nSPS) is 10.5. The molecule has 0 aliphatic carbocycles. The molecule has 3 rings (SSSR count). The number of carbonyl (C=O) groups excluding carboxylic acids is 1. The largest absolute Gasteiger partial charge is 0.508 e. The lowest BCUT2D eigenvalue weighted by atomic mass is 10.1. The summed E-state index contributed by atoms with van der Waals surface area (Å²) < 4.78 is 8.16. The van der Waals surface area contributed by atoms with Gasteiger partial charge in [0.25, 0.3) is 5.91 Å². The van der Waals surface area contributed by atoms with Crippen molar-refractivity contribution >= 4 is 21.8 Å². The quantitative estimate of drug-likeness (QED) is 0.620. The zero-order valence-electron chi connectivity index (χ0n) is 13.9. The lowest BCUT2D eigenvalue weighted by Gasteiger charge is -2.06. The SMILES string of the molecule is O=C(NCCc1ccc(O)cc1)c1ccn(COc2ccc(Br)cc2)n1. The molecule has 0 atom stereocenters. The molecule has 1 aromatic heterocycles. The first-order chi connectivity index (χ1) is 12.6. The molecule has 0 unspecified atom stereocenters. The van der Waals surface area contributed by atoms with E-state index < -0.39 is 0 Å². The van der Waals surface area contributed by atoms with Crippen molar-refractivity contribution in [2.24, 2.45) is 0 Å². The van der Waals surface area contributed by atoms with Gasteiger partial charge in [-0.25, -0.2) is 4.68 Å². The Morgan fingerprint density at radius 2 is 1.85 bits per heavy atom. The molecule has 0 aliphatic rings. The van der Waals surface area contributed by atoms with Gasteiger partial charge in [0, 0.05) is 17.2 Å². The maximum atomic E-state index is 12.1. The van der Waals surface area contributed by atoms with E-state index in [-0.39, 0.29) is 18.4 Å². The highest BCUT2D eigenvalue weighted by Crippen LogP contribution is 2.16. The fraction of sp³-hybridized carbons (Fsp3) is 0.158. The van der Waals surface area contributed by atoms with E-state index in [1.165, 1.54) is 0 Å². The second-order valence-electron chi connectivity index (χ2n) is 5.64. The highest BCUT2D eigenvalue weighted by atomic mass is 79.9. The van der Waals surface area contributed by atoms with Gasteiger partial charge in [0.05, 0.1) is 0 Å². The lowest BCUT2D eigenvalue weighted by Crippen LogP contribution is -2.26. The number of nitrogens with zero attached hydrogens (tertiary/aromatic N) is 2. The van der Waals surface area contributed by atoms with E-state index in [4.69, 9.17) is 4.74 Å². The molecule has 0 spiro atoms. The van der Waals surface area contributed by atoms with Gasteiger partial charge < -0.3 is 15.2 Å². The molecule has 0 fully saturated rings. The predicted octanol–water partition coefficient (Wildman–Crippen LogP) is 3.36. The minimum absolute atomic E-state index is 0.225. The number of halogens is 1. The van der Waals surface area contributed by atoms with E-state index in [2.05, 4.69) is 26.3 Å². The van der Waals surface area contributed by atoms with Crippen LogP contribution in [-0.2, 0) is 13.2 Å². The number of phenols is 1. The van der Waals surface area contributed by atoms with Gasteiger partial charge in [-0.15, -0.1) is 0 Å². The minimum atomic E-state index is -0.230. The topological polar surface area (TPSA) is 76.4 Å². The van der Waals surface area contributed by atoms with Gasteiger partial charge in [-0.3, -0.25) is 4.79 Å². The smallest absolute Gasteiger partial charge is 0.271 e. The number of phenolic OH excluding ortho intramolecular Hbond substituents is 1. The Bertz CT molecular complexity index is 860. The van der Waals surface area contributed by atoms with Gasteiger partial charge in [0.2, 0.25) is 0 Å². The third-order valence-corrected chi connectivity index (χ3v) is 4.21. The molecule has 0 saturated carbocycles. The first-order valence-corrected chi connectivity index (χ1v) is 8.87. The monoisotopic (exact) mass is 415 g/mol. The van der Waals surface area contributed by atoms with Gasteiger partial charge in [-0.1, -0.05) is 28.1 Å². The van der Waals surface area contributed by atoms with Crippen LogP contribution in [0.25, 0.3) is 0 Å². The van der Waals surface area contributed by atoms with Crippen LogP contribution in [0, 0.1) is 0 Å². The van der Waals surface area contributed by atoms with E-state index >= 15 is 0 Å². The Hall–Kier alpha value is -2.80. The zero-order chi connectivity index (χ0) is 18.4. The van der Waals surface area contributed by atoms with Crippen LogP contribution in [0.1, 0.15) is 16.1 Å². The molecular formula is C19H18BrN3O3. The number of ether oxygens (including phenoxy) is 1. The molecule has 3 aromatic rings. The third-order valence-electron chi connectivity index (χ3n) is 3.69. The third kappa shape index (κ3) is 5.10. The molecule has 134 valence electrons. The number of aromatic nitrogens is 2. The van der Waals surface area contributed by atoms with E-state index in [0.717, 1.165) is 15.8 Å². The number of nitrogens with one attached hydrogen (secondary N) is 1. The van der Waals surface area contributed by atoms with Gasteiger partial charge in [0.1, 0.15) is 17.2 Å². The van der Waals surface area contributed by atoms with Crippen molar-refractivity contribution in [2.45, 2.75) is 13.2 Å². The van der Waals surface area contributed by atoms with Crippen LogP contribution in [0.5, 0.6) is 11.5 Å². The van der Waals surface area contributed by atoms with Gasteiger partial charge >= 0.3 is 0 Å². The van der Waals surface area contributed by atoms with Gasteiger partial charge in [0.15, 0.2) is 6.73 Å². The number of benzene rings is 2. The standard InChI is InChI=1S/C19H18BrN3O3/c20-15-3-7-17(8-4-15)26-13-23-12-10-18(22-23)19(25)21-11-9-14-1-5-16(24)6-2-14/h1-8,10,12,24H,9,11,13H2,(H,21,25). The summed E-state index contributed by atoms with van der Waals surface area (Å²) in [6.07, 6.45) is 2.38. The van der Waals surface area contributed by atoms with E-state index in [1.54, 1.807) is 29.1 Å². The Kier molecular flexibility index (Phi) is 5.91. The first-order valence-electron chi connectivity index (χ1n) is 8.08. The summed E-state index contributed by atoms with van der Waals surface area (Å²) in [7, 11) is 0. The highest BCUT2D eigenvalue weighted by molar-refractivity contribution is 9.10. The number of carbonyl (C=O) groups is 1. The molecule has 0 bridgehead atoms. The van der Waals surface area contributed by atoms with Crippen molar-refractivity contribution in [3.8, 4) is 11.5 Å².